The summed E-state index contributed by atoms with van der Waals surface area (Å²) < 4.78 is 32.6. The van der Waals surface area contributed by atoms with Crippen LogP contribution in [0.5, 0.6) is 0 Å². The molecule has 2 fully saturated rings. The van der Waals surface area contributed by atoms with Crippen molar-refractivity contribution in [2.24, 2.45) is 11.7 Å². The Morgan fingerprint density at radius 2 is 2.11 bits per heavy atom. The molecule has 2 bridgehead atoms. The fourth-order valence-electron chi connectivity index (χ4n) is 2.98. The molecule has 1 unspecified atom stereocenters. The number of carbonyl (C=O) groups is 1. The molecule has 0 radical (unpaired) electrons. The van der Waals surface area contributed by atoms with E-state index in [-0.39, 0.29) is 24.9 Å². The number of nitrogens with two attached hydrogens (primary N) is 1. The Hall–Kier alpha value is -0.910. The van der Waals surface area contributed by atoms with E-state index in [9.17, 15) is 13.6 Å². The van der Waals surface area contributed by atoms with Gasteiger partial charge >= 0.3 is 6.09 Å². The normalized spacial score (nSPS) is 33.9. The molecule has 6 heteroatoms. The Balaban J connectivity index is 2.18. The summed E-state index contributed by atoms with van der Waals surface area (Å²) in [5.74, 6) is -3.02. The van der Waals surface area contributed by atoms with Crippen LogP contribution in [0.15, 0.2) is 0 Å². The summed E-state index contributed by atoms with van der Waals surface area (Å²) >= 11 is 0. The van der Waals surface area contributed by atoms with Gasteiger partial charge in [-0.05, 0) is 33.1 Å². The van der Waals surface area contributed by atoms with Crippen LogP contribution < -0.4 is 5.73 Å². The second-order valence-electron chi connectivity index (χ2n) is 6.17. The van der Waals surface area contributed by atoms with E-state index >= 15 is 0 Å². The maximum atomic E-state index is 13.7. The summed E-state index contributed by atoms with van der Waals surface area (Å²) in [6.07, 6.45) is -0.516. The Bertz CT molecular complexity index is 354. The maximum absolute atomic E-state index is 13.7. The number of nitrogens with zero attached hydrogens (tertiary/aromatic N) is 1. The van der Waals surface area contributed by atoms with Gasteiger partial charge in [-0.1, -0.05) is 0 Å². The molecule has 0 aromatic heterocycles. The first-order chi connectivity index (χ1) is 8.15. The highest BCUT2D eigenvalue weighted by atomic mass is 19.3. The van der Waals surface area contributed by atoms with Crippen molar-refractivity contribution in [1.29, 1.82) is 0 Å². The van der Waals surface area contributed by atoms with Crippen molar-refractivity contribution < 1.29 is 18.3 Å². The molecule has 2 aliphatic rings. The van der Waals surface area contributed by atoms with Crippen molar-refractivity contribution in [3.8, 4) is 0 Å². The minimum Gasteiger partial charge on any atom is -0.444 e. The molecule has 1 aliphatic heterocycles. The van der Waals surface area contributed by atoms with Crippen molar-refractivity contribution >= 4 is 6.09 Å². The number of likely N-dealkylation sites (tertiary alicyclic amines) is 1. The average molecular weight is 262 g/mol. The molecule has 3 atom stereocenters. The molecule has 1 saturated heterocycles. The van der Waals surface area contributed by atoms with Gasteiger partial charge in [0, 0.05) is 13.0 Å². The number of piperidine rings is 1. The van der Waals surface area contributed by atoms with Crippen LogP contribution in [0, 0.1) is 5.92 Å². The Morgan fingerprint density at radius 1 is 1.50 bits per heavy atom. The minimum atomic E-state index is -2.81. The first-order valence-electron chi connectivity index (χ1n) is 6.25. The number of rotatable bonds is 1. The highest BCUT2D eigenvalue weighted by molar-refractivity contribution is 5.70. The van der Waals surface area contributed by atoms with E-state index < -0.39 is 23.7 Å². The van der Waals surface area contributed by atoms with Crippen LogP contribution in [0.3, 0.4) is 0 Å². The number of amides is 1. The standard InChI is InChI=1S/C12H20F2N2O2/c1-11(2,3)18-10(17)16-8(6-15)7-4-9(16)12(13,14)5-7/h7-9H,4-6,15H2,1-3H3/t7-,8+,9?/m0/s1. The highest BCUT2D eigenvalue weighted by Gasteiger charge is 2.62. The van der Waals surface area contributed by atoms with Gasteiger partial charge in [0.25, 0.3) is 5.92 Å². The van der Waals surface area contributed by atoms with E-state index in [1.807, 2.05) is 0 Å². The van der Waals surface area contributed by atoms with Gasteiger partial charge in [-0.2, -0.15) is 0 Å². The Morgan fingerprint density at radius 3 is 2.61 bits per heavy atom. The first kappa shape index (κ1) is 13.5. The summed E-state index contributed by atoms with van der Waals surface area (Å²) in [6, 6.07) is -1.37. The lowest BCUT2D eigenvalue weighted by molar-refractivity contribution is -0.0936. The van der Waals surface area contributed by atoms with Gasteiger partial charge in [-0.15, -0.1) is 0 Å². The molecular weight excluding hydrogens is 242 g/mol. The maximum Gasteiger partial charge on any atom is 0.411 e. The van der Waals surface area contributed by atoms with Crippen LogP contribution in [0.25, 0.3) is 0 Å². The van der Waals surface area contributed by atoms with Crippen LogP contribution in [-0.2, 0) is 4.74 Å². The SMILES string of the molecule is CC(C)(C)OC(=O)N1C2C[C@@H](CC2(F)F)[C@H]1CN. The zero-order valence-electron chi connectivity index (χ0n) is 11.0. The Kier molecular flexibility index (Phi) is 3.04. The third-order valence-electron chi connectivity index (χ3n) is 3.63. The van der Waals surface area contributed by atoms with Crippen molar-refractivity contribution in [2.45, 2.75) is 57.2 Å². The van der Waals surface area contributed by atoms with Gasteiger partial charge in [0.2, 0.25) is 0 Å². The lowest BCUT2D eigenvalue weighted by Crippen LogP contribution is -2.56. The van der Waals surface area contributed by atoms with Crippen molar-refractivity contribution in [1.82, 2.24) is 4.90 Å². The van der Waals surface area contributed by atoms with E-state index in [2.05, 4.69) is 0 Å². The molecule has 1 saturated carbocycles. The second kappa shape index (κ2) is 4.05. The monoisotopic (exact) mass is 262 g/mol. The highest BCUT2D eigenvalue weighted by Crippen LogP contribution is 2.51. The summed E-state index contributed by atoms with van der Waals surface area (Å²) in [5, 5.41) is 0. The molecule has 0 aromatic carbocycles. The first-order valence-corrected chi connectivity index (χ1v) is 6.25. The fourth-order valence-corrected chi connectivity index (χ4v) is 2.98. The van der Waals surface area contributed by atoms with E-state index in [0.717, 1.165) is 0 Å². The molecule has 104 valence electrons. The van der Waals surface area contributed by atoms with Crippen molar-refractivity contribution in [3.05, 3.63) is 0 Å². The molecular formula is C12H20F2N2O2. The van der Waals surface area contributed by atoms with E-state index in [1.54, 1.807) is 20.8 Å². The zero-order chi connectivity index (χ0) is 13.7. The van der Waals surface area contributed by atoms with E-state index in [0.29, 0.717) is 6.42 Å². The number of hydrogen-bond acceptors (Lipinski definition) is 3. The number of carbonyl (C=O) groups excluding carboxylic acids is 1. The van der Waals surface area contributed by atoms with Crippen LogP contribution >= 0.6 is 0 Å². The molecule has 2 N–H and O–H groups in total. The molecule has 1 amide bonds. The quantitative estimate of drug-likeness (QED) is 0.786. The molecule has 0 spiro atoms. The Labute approximate surface area is 105 Å². The number of ether oxygens (including phenoxy) is 1. The average Bonchev–Trinajstić information content (AvgIpc) is 2.66. The number of halogens is 2. The number of alkyl halides is 2. The molecule has 2 rings (SSSR count). The summed E-state index contributed by atoms with van der Waals surface area (Å²) in [7, 11) is 0. The lowest BCUT2D eigenvalue weighted by Gasteiger charge is -2.39. The zero-order valence-corrected chi connectivity index (χ0v) is 11.0. The van der Waals surface area contributed by atoms with Crippen LogP contribution in [0.2, 0.25) is 0 Å². The summed E-state index contributed by atoms with van der Waals surface area (Å²) in [4.78, 5) is 13.2. The number of fused-ring (bicyclic) bond motifs is 2. The third-order valence-corrected chi connectivity index (χ3v) is 3.63. The van der Waals surface area contributed by atoms with Crippen LogP contribution in [0.4, 0.5) is 13.6 Å². The topological polar surface area (TPSA) is 55.6 Å². The van der Waals surface area contributed by atoms with Gasteiger partial charge in [0.15, 0.2) is 0 Å². The van der Waals surface area contributed by atoms with Crippen LogP contribution in [0.1, 0.15) is 33.6 Å². The van der Waals surface area contributed by atoms with E-state index in [4.69, 9.17) is 10.5 Å². The van der Waals surface area contributed by atoms with E-state index in [1.165, 1.54) is 4.90 Å². The van der Waals surface area contributed by atoms with Gasteiger partial charge in [-0.25, -0.2) is 13.6 Å². The van der Waals surface area contributed by atoms with Crippen LogP contribution in [-0.4, -0.2) is 41.1 Å². The molecule has 0 aromatic rings. The fraction of sp³-hybridized carbons (Fsp3) is 0.917. The van der Waals surface area contributed by atoms with Gasteiger partial charge in [0.05, 0.1) is 12.1 Å². The van der Waals surface area contributed by atoms with Crippen molar-refractivity contribution in [3.63, 3.8) is 0 Å². The minimum absolute atomic E-state index is 0.168. The van der Waals surface area contributed by atoms with Crippen molar-refractivity contribution in [2.75, 3.05) is 6.54 Å². The predicted octanol–water partition coefficient (Wildman–Crippen LogP) is 1.98. The smallest absolute Gasteiger partial charge is 0.411 e. The summed E-state index contributed by atoms with van der Waals surface area (Å²) in [6.45, 7) is 5.36. The van der Waals surface area contributed by atoms with Gasteiger partial charge < -0.3 is 10.5 Å². The molecule has 4 nitrogen and oxygen atoms in total. The lowest BCUT2D eigenvalue weighted by atomic mass is 9.97. The summed E-state index contributed by atoms with van der Waals surface area (Å²) in [5.41, 5.74) is 4.92. The van der Waals surface area contributed by atoms with Gasteiger partial charge in [-0.3, -0.25) is 4.90 Å². The molecule has 18 heavy (non-hydrogen) atoms. The molecule has 1 aliphatic carbocycles. The predicted molar refractivity (Wildman–Crippen MR) is 62.4 cm³/mol. The second-order valence-corrected chi connectivity index (χ2v) is 6.17. The molecule has 1 heterocycles. The van der Waals surface area contributed by atoms with Gasteiger partial charge in [0.1, 0.15) is 5.60 Å². The number of hydrogen-bond donors (Lipinski definition) is 1. The largest absolute Gasteiger partial charge is 0.444 e. The third kappa shape index (κ3) is 2.18.